The second-order valence-electron chi connectivity index (χ2n) is 7.24. The van der Waals surface area contributed by atoms with Crippen molar-refractivity contribution in [3.05, 3.63) is 34.9 Å². The molecule has 0 aliphatic heterocycles. The SMILES string of the molecule is COC1(C(N)Cc2ccc3c(c2)CCC3)CCCC(C)C1. The fraction of sp³-hybridized carbons (Fsp3) is 0.684. The van der Waals surface area contributed by atoms with Gasteiger partial charge in [-0.2, -0.15) is 0 Å². The summed E-state index contributed by atoms with van der Waals surface area (Å²) >= 11 is 0. The van der Waals surface area contributed by atoms with Gasteiger partial charge < -0.3 is 10.5 Å². The molecule has 2 aliphatic carbocycles. The number of hydrogen-bond donors (Lipinski definition) is 1. The van der Waals surface area contributed by atoms with E-state index in [9.17, 15) is 0 Å². The molecule has 0 aromatic heterocycles. The van der Waals surface area contributed by atoms with Gasteiger partial charge in [0.05, 0.1) is 5.60 Å². The minimum Gasteiger partial charge on any atom is -0.377 e. The third kappa shape index (κ3) is 3.02. The Morgan fingerprint density at radius 1 is 1.29 bits per heavy atom. The summed E-state index contributed by atoms with van der Waals surface area (Å²) in [5.41, 5.74) is 11.0. The third-order valence-corrected chi connectivity index (χ3v) is 5.69. The first kappa shape index (κ1) is 15.1. The van der Waals surface area contributed by atoms with Crippen LogP contribution in [0.15, 0.2) is 18.2 Å². The molecule has 21 heavy (non-hydrogen) atoms. The quantitative estimate of drug-likeness (QED) is 0.917. The van der Waals surface area contributed by atoms with E-state index in [4.69, 9.17) is 10.5 Å². The lowest BCUT2D eigenvalue weighted by Crippen LogP contribution is -2.53. The molecule has 0 saturated heterocycles. The van der Waals surface area contributed by atoms with Crippen molar-refractivity contribution >= 4 is 0 Å². The molecule has 2 N–H and O–H groups in total. The molecule has 0 radical (unpaired) electrons. The number of hydrogen-bond acceptors (Lipinski definition) is 2. The van der Waals surface area contributed by atoms with Gasteiger partial charge in [-0.15, -0.1) is 0 Å². The molecule has 2 heteroatoms. The zero-order valence-electron chi connectivity index (χ0n) is 13.5. The Morgan fingerprint density at radius 3 is 2.86 bits per heavy atom. The number of fused-ring (bicyclic) bond motifs is 1. The summed E-state index contributed by atoms with van der Waals surface area (Å²) in [6.45, 7) is 2.33. The highest BCUT2D eigenvalue weighted by Gasteiger charge is 2.40. The Kier molecular flexibility index (Phi) is 4.37. The number of methoxy groups -OCH3 is 1. The fourth-order valence-electron chi connectivity index (χ4n) is 4.41. The fourth-order valence-corrected chi connectivity index (χ4v) is 4.41. The van der Waals surface area contributed by atoms with Crippen molar-refractivity contribution in [2.75, 3.05) is 7.11 Å². The van der Waals surface area contributed by atoms with E-state index in [2.05, 4.69) is 25.1 Å². The average Bonchev–Trinajstić information content (AvgIpc) is 2.94. The molecule has 1 saturated carbocycles. The van der Waals surface area contributed by atoms with Crippen molar-refractivity contribution in [2.45, 2.75) is 69.9 Å². The van der Waals surface area contributed by atoms with E-state index in [0.29, 0.717) is 0 Å². The average molecular weight is 287 g/mol. The van der Waals surface area contributed by atoms with Crippen molar-refractivity contribution < 1.29 is 4.74 Å². The van der Waals surface area contributed by atoms with Gasteiger partial charge >= 0.3 is 0 Å². The monoisotopic (exact) mass is 287 g/mol. The molecule has 0 spiro atoms. The number of rotatable bonds is 4. The van der Waals surface area contributed by atoms with Gasteiger partial charge in [-0.3, -0.25) is 0 Å². The lowest BCUT2D eigenvalue weighted by atomic mass is 9.73. The third-order valence-electron chi connectivity index (χ3n) is 5.69. The van der Waals surface area contributed by atoms with Crippen LogP contribution in [0.25, 0.3) is 0 Å². The summed E-state index contributed by atoms with van der Waals surface area (Å²) in [5, 5.41) is 0. The van der Waals surface area contributed by atoms with Crippen LogP contribution in [0.2, 0.25) is 0 Å². The molecular weight excluding hydrogens is 258 g/mol. The minimum atomic E-state index is -0.114. The Bertz CT molecular complexity index is 498. The predicted molar refractivity (Wildman–Crippen MR) is 87.5 cm³/mol. The molecule has 116 valence electrons. The van der Waals surface area contributed by atoms with E-state index in [1.165, 1.54) is 37.7 Å². The zero-order valence-corrected chi connectivity index (χ0v) is 13.5. The number of benzene rings is 1. The first-order chi connectivity index (χ1) is 10.1. The Morgan fingerprint density at radius 2 is 2.10 bits per heavy atom. The summed E-state index contributed by atoms with van der Waals surface area (Å²) in [6, 6.07) is 7.08. The van der Waals surface area contributed by atoms with Gasteiger partial charge in [0.1, 0.15) is 0 Å². The molecule has 3 atom stereocenters. The smallest absolute Gasteiger partial charge is 0.0834 e. The van der Waals surface area contributed by atoms with Gasteiger partial charge in [0.15, 0.2) is 0 Å². The summed E-state index contributed by atoms with van der Waals surface area (Å²) in [6.07, 6.45) is 9.52. The minimum absolute atomic E-state index is 0.102. The summed E-state index contributed by atoms with van der Waals surface area (Å²) in [4.78, 5) is 0. The maximum Gasteiger partial charge on any atom is 0.0834 e. The number of ether oxygens (including phenoxy) is 1. The molecule has 3 unspecified atom stereocenters. The lowest BCUT2D eigenvalue weighted by molar-refractivity contribution is -0.0705. The first-order valence-corrected chi connectivity index (χ1v) is 8.54. The molecular formula is C19H29NO. The maximum atomic E-state index is 6.61. The largest absolute Gasteiger partial charge is 0.377 e. The zero-order chi connectivity index (χ0) is 14.9. The highest BCUT2D eigenvalue weighted by Crippen LogP contribution is 2.37. The standard InChI is InChI=1S/C19H29NO/c1-14-5-4-10-19(13-14,21-2)18(20)12-15-8-9-16-6-3-7-17(16)11-15/h8-9,11,14,18H,3-7,10,12-13,20H2,1-2H3. The molecule has 1 aromatic rings. The van der Waals surface area contributed by atoms with Crippen LogP contribution < -0.4 is 5.73 Å². The van der Waals surface area contributed by atoms with Crippen molar-refractivity contribution in [1.82, 2.24) is 0 Å². The maximum absolute atomic E-state index is 6.61. The van der Waals surface area contributed by atoms with Crippen molar-refractivity contribution in [1.29, 1.82) is 0 Å². The topological polar surface area (TPSA) is 35.2 Å². The normalized spacial score (nSPS) is 30.1. The van der Waals surface area contributed by atoms with Crippen LogP contribution in [0.5, 0.6) is 0 Å². The van der Waals surface area contributed by atoms with Crippen LogP contribution in [-0.2, 0) is 24.0 Å². The number of aryl methyl sites for hydroxylation is 2. The second-order valence-corrected chi connectivity index (χ2v) is 7.24. The van der Waals surface area contributed by atoms with Gasteiger partial charge in [-0.1, -0.05) is 38.0 Å². The molecule has 1 fully saturated rings. The van der Waals surface area contributed by atoms with Crippen LogP contribution in [-0.4, -0.2) is 18.8 Å². The van der Waals surface area contributed by atoms with Crippen molar-refractivity contribution in [3.8, 4) is 0 Å². The molecule has 2 nitrogen and oxygen atoms in total. The van der Waals surface area contributed by atoms with E-state index in [0.717, 1.165) is 25.2 Å². The Balaban J connectivity index is 1.73. The summed E-state index contributed by atoms with van der Waals surface area (Å²) < 4.78 is 5.95. The molecule has 0 heterocycles. The molecule has 0 bridgehead atoms. The van der Waals surface area contributed by atoms with Crippen LogP contribution in [0, 0.1) is 5.92 Å². The Hall–Kier alpha value is -0.860. The molecule has 0 amide bonds. The predicted octanol–water partition coefficient (Wildman–Crippen LogP) is 3.64. The van der Waals surface area contributed by atoms with E-state index in [-0.39, 0.29) is 11.6 Å². The van der Waals surface area contributed by atoms with E-state index >= 15 is 0 Å². The molecule has 1 aromatic carbocycles. The highest BCUT2D eigenvalue weighted by atomic mass is 16.5. The van der Waals surface area contributed by atoms with Crippen LogP contribution in [0.3, 0.4) is 0 Å². The van der Waals surface area contributed by atoms with Crippen LogP contribution in [0.1, 0.15) is 55.7 Å². The van der Waals surface area contributed by atoms with Gasteiger partial charge in [0.25, 0.3) is 0 Å². The van der Waals surface area contributed by atoms with Crippen molar-refractivity contribution in [3.63, 3.8) is 0 Å². The Labute approximate surface area is 129 Å². The summed E-state index contributed by atoms with van der Waals surface area (Å²) in [7, 11) is 1.85. The van der Waals surface area contributed by atoms with Gasteiger partial charge in [0.2, 0.25) is 0 Å². The second kappa shape index (κ2) is 6.10. The lowest BCUT2D eigenvalue weighted by Gasteiger charge is -2.43. The van der Waals surface area contributed by atoms with E-state index in [1.54, 1.807) is 11.1 Å². The van der Waals surface area contributed by atoms with Crippen molar-refractivity contribution in [2.24, 2.45) is 11.7 Å². The van der Waals surface area contributed by atoms with E-state index < -0.39 is 0 Å². The summed E-state index contributed by atoms with van der Waals surface area (Å²) in [5.74, 6) is 0.727. The van der Waals surface area contributed by atoms with E-state index in [1.807, 2.05) is 7.11 Å². The van der Waals surface area contributed by atoms with Crippen LogP contribution >= 0.6 is 0 Å². The van der Waals surface area contributed by atoms with Gasteiger partial charge in [-0.25, -0.2) is 0 Å². The highest BCUT2D eigenvalue weighted by molar-refractivity contribution is 5.35. The van der Waals surface area contributed by atoms with Gasteiger partial charge in [0, 0.05) is 13.2 Å². The molecule has 2 aliphatic rings. The van der Waals surface area contributed by atoms with Gasteiger partial charge in [-0.05, 0) is 61.1 Å². The number of nitrogens with two attached hydrogens (primary N) is 1. The van der Waals surface area contributed by atoms with Crippen LogP contribution in [0.4, 0.5) is 0 Å². The molecule has 3 rings (SSSR count). The first-order valence-electron chi connectivity index (χ1n) is 8.54.